The van der Waals surface area contributed by atoms with Gasteiger partial charge in [-0.2, -0.15) is 0 Å². The molecule has 0 radical (unpaired) electrons. The molecule has 1 N–H and O–H groups in total. The highest BCUT2D eigenvalue weighted by Gasteiger charge is 2.18. The number of rotatable bonds is 5. The lowest BCUT2D eigenvalue weighted by Gasteiger charge is -2.22. The molecule has 22 heavy (non-hydrogen) atoms. The quantitative estimate of drug-likeness (QED) is 0.698. The minimum atomic E-state index is 0.0590. The Kier molecular flexibility index (Phi) is 5.60. The van der Waals surface area contributed by atoms with Crippen molar-refractivity contribution in [2.45, 2.75) is 26.2 Å². The van der Waals surface area contributed by atoms with Crippen molar-refractivity contribution in [3.8, 4) is 5.75 Å². The number of benzene rings is 2. The number of ether oxygens (including phenoxy) is 1. The van der Waals surface area contributed by atoms with Crippen LogP contribution in [0.15, 0.2) is 42.5 Å². The molecule has 0 unspecified atom stereocenters. The van der Waals surface area contributed by atoms with Crippen LogP contribution in [0, 0.1) is 0 Å². The number of anilines is 1. The molecule has 0 heterocycles. The first kappa shape index (κ1) is 17.0. The minimum Gasteiger partial charge on any atom is -0.491 e. The predicted octanol–water partition coefficient (Wildman–Crippen LogP) is 5.78. The molecule has 0 aliphatic heterocycles. The highest BCUT2D eigenvalue weighted by atomic mass is 35.5. The molecule has 0 saturated carbocycles. The summed E-state index contributed by atoms with van der Waals surface area (Å²) in [4.78, 5) is 0. The fourth-order valence-corrected chi connectivity index (χ4v) is 2.67. The molecule has 2 nitrogen and oxygen atoms in total. The SMILES string of the molecule is CC(C)(C)c1ccccc1OCCNc1ccc(Cl)cc1Cl. The van der Waals surface area contributed by atoms with Crippen LogP contribution in [-0.4, -0.2) is 13.2 Å². The van der Waals surface area contributed by atoms with Crippen LogP contribution in [0.25, 0.3) is 0 Å². The van der Waals surface area contributed by atoms with E-state index < -0.39 is 0 Å². The van der Waals surface area contributed by atoms with Crippen molar-refractivity contribution in [1.29, 1.82) is 0 Å². The van der Waals surface area contributed by atoms with Crippen LogP contribution in [0.1, 0.15) is 26.3 Å². The summed E-state index contributed by atoms with van der Waals surface area (Å²) in [7, 11) is 0. The van der Waals surface area contributed by atoms with Crippen LogP contribution in [0.4, 0.5) is 5.69 Å². The van der Waals surface area contributed by atoms with E-state index in [1.165, 1.54) is 5.56 Å². The Balaban J connectivity index is 1.92. The van der Waals surface area contributed by atoms with Gasteiger partial charge in [0.25, 0.3) is 0 Å². The average Bonchev–Trinajstić information content (AvgIpc) is 2.45. The zero-order valence-corrected chi connectivity index (χ0v) is 14.6. The lowest BCUT2D eigenvalue weighted by molar-refractivity contribution is 0.323. The van der Waals surface area contributed by atoms with Crippen molar-refractivity contribution < 1.29 is 4.74 Å². The van der Waals surface area contributed by atoms with Crippen LogP contribution in [-0.2, 0) is 5.41 Å². The number of hydrogen-bond acceptors (Lipinski definition) is 2. The topological polar surface area (TPSA) is 21.3 Å². The summed E-state index contributed by atoms with van der Waals surface area (Å²) in [6, 6.07) is 13.6. The van der Waals surface area contributed by atoms with Gasteiger partial charge in [-0.3, -0.25) is 0 Å². The molecule has 0 atom stereocenters. The van der Waals surface area contributed by atoms with E-state index >= 15 is 0 Å². The van der Waals surface area contributed by atoms with Gasteiger partial charge in [0.1, 0.15) is 12.4 Å². The zero-order valence-electron chi connectivity index (χ0n) is 13.1. The van der Waals surface area contributed by atoms with Gasteiger partial charge in [0, 0.05) is 11.6 Å². The molecule has 0 amide bonds. The highest BCUT2D eigenvalue weighted by molar-refractivity contribution is 6.36. The molecule has 0 aliphatic carbocycles. The maximum atomic E-state index is 6.12. The van der Waals surface area contributed by atoms with Crippen molar-refractivity contribution in [2.24, 2.45) is 0 Å². The smallest absolute Gasteiger partial charge is 0.123 e. The van der Waals surface area contributed by atoms with Gasteiger partial charge in [-0.25, -0.2) is 0 Å². The van der Waals surface area contributed by atoms with E-state index in [0.717, 1.165) is 11.4 Å². The van der Waals surface area contributed by atoms with Crippen LogP contribution in [0.2, 0.25) is 10.0 Å². The fourth-order valence-electron chi connectivity index (χ4n) is 2.19. The van der Waals surface area contributed by atoms with E-state index in [-0.39, 0.29) is 5.41 Å². The van der Waals surface area contributed by atoms with Gasteiger partial charge in [0.2, 0.25) is 0 Å². The minimum absolute atomic E-state index is 0.0590. The molecule has 0 aromatic heterocycles. The second-order valence-corrected chi connectivity index (χ2v) is 6.99. The molecule has 0 fully saturated rings. The Morgan fingerprint density at radius 2 is 1.77 bits per heavy atom. The van der Waals surface area contributed by atoms with E-state index in [1.807, 2.05) is 30.3 Å². The standard InChI is InChI=1S/C18H21Cl2NO/c1-18(2,3)14-6-4-5-7-17(14)22-11-10-21-16-9-8-13(19)12-15(16)20/h4-9,12,21H,10-11H2,1-3H3. The maximum Gasteiger partial charge on any atom is 0.123 e. The average molecular weight is 338 g/mol. The van der Waals surface area contributed by atoms with Gasteiger partial charge in [-0.15, -0.1) is 0 Å². The van der Waals surface area contributed by atoms with E-state index in [0.29, 0.717) is 23.2 Å². The Morgan fingerprint density at radius 1 is 1.05 bits per heavy atom. The van der Waals surface area contributed by atoms with Gasteiger partial charge in [0.05, 0.1) is 10.7 Å². The van der Waals surface area contributed by atoms with Crippen molar-refractivity contribution in [2.75, 3.05) is 18.5 Å². The molecule has 118 valence electrons. The van der Waals surface area contributed by atoms with Crippen molar-refractivity contribution in [3.05, 3.63) is 58.1 Å². The lowest BCUT2D eigenvalue weighted by atomic mass is 9.86. The van der Waals surface area contributed by atoms with E-state index in [4.69, 9.17) is 27.9 Å². The Labute approximate surface area is 142 Å². The molecular weight excluding hydrogens is 317 g/mol. The molecule has 2 aromatic carbocycles. The van der Waals surface area contributed by atoms with E-state index in [2.05, 4.69) is 32.2 Å². The Hall–Kier alpha value is -1.38. The summed E-state index contributed by atoms with van der Waals surface area (Å²) in [5.41, 5.74) is 2.13. The fraction of sp³-hybridized carbons (Fsp3) is 0.333. The molecule has 2 rings (SSSR count). The summed E-state index contributed by atoms with van der Waals surface area (Å²) < 4.78 is 5.92. The van der Waals surface area contributed by atoms with E-state index in [9.17, 15) is 0 Å². The Morgan fingerprint density at radius 3 is 2.45 bits per heavy atom. The lowest BCUT2D eigenvalue weighted by Crippen LogP contribution is -2.16. The first-order valence-corrected chi connectivity index (χ1v) is 8.05. The summed E-state index contributed by atoms with van der Waals surface area (Å²) >= 11 is 12.0. The van der Waals surface area contributed by atoms with Gasteiger partial charge in [-0.1, -0.05) is 62.2 Å². The zero-order chi connectivity index (χ0) is 16.2. The second-order valence-electron chi connectivity index (χ2n) is 6.15. The van der Waals surface area contributed by atoms with Crippen molar-refractivity contribution in [3.63, 3.8) is 0 Å². The third-order valence-corrected chi connectivity index (χ3v) is 3.85. The van der Waals surface area contributed by atoms with Gasteiger partial charge in [0.15, 0.2) is 0 Å². The molecule has 0 saturated heterocycles. The summed E-state index contributed by atoms with van der Waals surface area (Å²) in [6.45, 7) is 7.77. The van der Waals surface area contributed by atoms with Crippen LogP contribution in [0.3, 0.4) is 0 Å². The van der Waals surface area contributed by atoms with Crippen LogP contribution < -0.4 is 10.1 Å². The van der Waals surface area contributed by atoms with Gasteiger partial charge >= 0.3 is 0 Å². The number of nitrogens with one attached hydrogen (secondary N) is 1. The highest BCUT2D eigenvalue weighted by Crippen LogP contribution is 2.31. The first-order chi connectivity index (χ1) is 10.4. The normalized spacial score (nSPS) is 11.3. The third-order valence-electron chi connectivity index (χ3n) is 3.30. The van der Waals surface area contributed by atoms with E-state index in [1.54, 1.807) is 6.07 Å². The number of para-hydroxylation sites is 1. The number of halogens is 2. The second kappa shape index (κ2) is 7.26. The number of hydrogen-bond donors (Lipinski definition) is 1. The summed E-state index contributed by atoms with van der Waals surface area (Å²) in [6.07, 6.45) is 0. The molecule has 0 aliphatic rings. The van der Waals surface area contributed by atoms with Crippen molar-refractivity contribution >= 4 is 28.9 Å². The summed E-state index contributed by atoms with van der Waals surface area (Å²) in [5.74, 6) is 0.930. The largest absolute Gasteiger partial charge is 0.491 e. The van der Waals surface area contributed by atoms with Gasteiger partial charge < -0.3 is 10.1 Å². The molecule has 0 bridgehead atoms. The first-order valence-electron chi connectivity index (χ1n) is 7.29. The van der Waals surface area contributed by atoms with Crippen molar-refractivity contribution in [1.82, 2.24) is 0 Å². The Bertz CT molecular complexity index is 635. The molecule has 0 spiro atoms. The maximum absolute atomic E-state index is 6.12. The predicted molar refractivity (Wildman–Crippen MR) is 95.6 cm³/mol. The molecular formula is C18H21Cl2NO. The molecule has 4 heteroatoms. The van der Waals surface area contributed by atoms with Gasteiger partial charge in [-0.05, 0) is 35.2 Å². The monoisotopic (exact) mass is 337 g/mol. The third kappa shape index (κ3) is 4.56. The van der Waals surface area contributed by atoms with Crippen LogP contribution >= 0.6 is 23.2 Å². The summed E-state index contributed by atoms with van der Waals surface area (Å²) in [5, 5.41) is 4.50. The van der Waals surface area contributed by atoms with Crippen LogP contribution in [0.5, 0.6) is 5.75 Å². The molecule has 2 aromatic rings.